The summed E-state index contributed by atoms with van der Waals surface area (Å²) in [5, 5.41) is 0. The lowest BCUT2D eigenvalue weighted by atomic mass is 9.68. The van der Waals surface area contributed by atoms with Gasteiger partial charge in [-0.3, -0.25) is 0 Å². The van der Waals surface area contributed by atoms with E-state index in [0.717, 1.165) is 24.2 Å². The Morgan fingerprint density at radius 3 is 1.88 bits per heavy atom. The molecule has 0 atom stereocenters. The van der Waals surface area contributed by atoms with Crippen LogP contribution in [0.1, 0.15) is 78.1 Å². The van der Waals surface area contributed by atoms with Crippen molar-refractivity contribution in [2.45, 2.75) is 84.4 Å². The molecule has 2 rings (SSSR count). The fourth-order valence-electron chi connectivity index (χ4n) is 4.66. The van der Waals surface area contributed by atoms with E-state index in [4.69, 9.17) is 0 Å². The summed E-state index contributed by atoms with van der Waals surface area (Å²) in [6, 6.07) is 0. The van der Waals surface area contributed by atoms with Gasteiger partial charge in [-0.1, -0.05) is 32.3 Å². The molecule has 0 spiro atoms. The van der Waals surface area contributed by atoms with Crippen molar-refractivity contribution in [2.24, 2.45) is 23.7 Å². The minimum Gasteiger partial charge on any atom is -0.406 e. The summed E-state index contributed by atoms with van der Waals surface area (Å²) in [6.45, 7) is 3.87. The number of alkyl halides is 3. The Kier molecular flexibility index (Phi) is 7.89. The molecule has 1 nitrogen and oxygen atoms in total. The van der Waals surface area contributed by atoms with E-state index >= 15 is 0 Å². The molecule has 4 heteroatoms. The Morgan fingerprint density at radius 1 is 0.920 bits per heavy atom. The predicted octanol–water partition coefficient (Wildman–Crippen LogP) is 7.40. The fourth-order valence-corrected chi connectivity index (χ4v) is 4.66. The van der Waals surface area contributed by atoms with Crippen LogP contribution in [-0.2, 0) is 4.74 Å². The lowest BCUT2D eigenvalue weighted by Crippen LogP contribution is -2.25. The van der Waals surface area contributed by atoms with Gasteiger partial charge in [0.15, 0.2) is 0 Å². The van der Waals surface area contributed by atoms with Gasteiger partial charge in [-0.05, 0) is 87.7 Å². The fraction of sp³-hybridized carbons (Fsp3) is 0.810. The first-order valence-corrected chi connectivity index (χ1v) is 9.99. The van der Waals surface area contributed by atoms with E-state index in [-0.39, 0.29) is 5.76 Å². The van der Waals surface area contributed by atoms with E-state index < -0.39 is 6.36 Å². The Bertz CT molecular complexity index is 437. The summed E-state index contributed by atoms with van der Waals surface area (Å²) in [6.07, 6.45) is 12.9. The third kappa shape index (κ3) is 7.07. The van der Waals surface area contributed by atoms with E-state index in [1.165, 1.54) is 69.9 Å². The average molecular weight is 358 g/mol. The third-order valence-corrected chi connectivity index (χ3v) is 6.30. The summed E-state index contributed by atoms with van der Waals surface area (Å²) in [5.41, 5.74) is 0. The zero-order chi connectivity index (χ0) is 18.3. The molecule has 25 heavy (non-hydrogen) atoms. The number of halogens is 3. The van der Waals surface area contributed by atoms with Crippen molar-refractivity contribution in [2.75, 3.05) is 0 Å². The third-order valence-electron chi connectivity index (χ3n) is 6.30. The molecule has 0 bridgehead atoms. The normalized spacial score (nSPS) is 32.1. The highest BCUT2D eigenvalue weighted by molar-refractivity contribution is 5.11. The number of hydrogen-bond acceptors (Lipinski definition) is 1. The minimum atomic E-state index is -4.61. The van der Waals surface area contributed by atoms with E-state index in [1.807, 2.05) is 6.08 Å². The molecule has 2 aliphatic rings. The van der Waals surface area contributed by atoms with E-state index in [9.17, 15) is 13.2 Å². The van der Waals surface area contributed by atoms with Crippen LogP contribution in [0.5, 0.6) is 0 Å². The molecule has 0 amide bonds. The van der Waals surface area contributed by atoms with Gasteiger partial charge in [0.25, 0.3) is 0 Å². The molecule has 0 saturated heterocycles. The zero-order valence-corrected chi connectivity index (χ0v) is 15.7. The first kappa shape index (κ1) is 20.4. The summed E-state index contributed by atoms with van der Waals surface area (Å²) in [4.78, 5) is 0. The largest absolute Gasteiger partial charge is 0.573 e. The second-order valence-corrected chi connectivity index (χ2v) is 7.85. The Hall–Kier alpha value is -0.930. The Balaban J connectivity index is 1.69. The molecule has 0 aromatic rings. The van der Waals surface area contributed by atoms with Crippen LogP contribution < -0.4 is 0 Å². The first-order chi connectivity index (χ1) is 11.9. The molecule has 0 aromatic heterocycles. The molecule has 0 N–H and O–H groups in total. The number of ether oxygens (including phenoxy) is 1. The van der Waals surface area contributed by atoms with Crippen molar-refractivity contribution in [3.05, 3.63) is 24.0 Å². The molecule has 0 radical (unpaired) electrons. The van der Waals surface area contributed by atoms with Crippen LogP contribution >= 0.6 is 0 Å². The zero-order valence-electron chi connectivity index (χ0n) is 15.7. The van der Waals surface area contributed by atoms with Crippen LogP contribution in [-0.4, -0.2) is 6.36 Å². The Morgan fingerprint density at radius 2 is 1.44 bits per heavy atom. The summed E-state index contributed by atoms with van der Waals surface area (Å²) >= 11 is 0. The van der Waals surface area contributed by atoms with E-state index in [2.05, 4.69) is 11.7 Å². The van der Waals surface area contributed by atoms with Gasteiger partial charge >= 0.3 is 6.36 Å². The quantitative estimate of drug-likeness (QED) is 0.355. The molecular weight excluding hydrogens is 325 g/mol. The van der Waals surface area contributed by atoms with Gasteiger partial charge in [0, 0.05) is 0 Å². The highest BCUT2D eigenvalue weighted by Gasteiger charge is 2.32. The van der Waals surface area contributed by atoms with Crippen molar-refractivity contribution in [1.29, 1.82) is 0 Å². The van der Waals surface area contributed by atoms with Crippen molar-refractivity contribution >= 4 is 0 Å². The molecule has 0 unspecified atom stereocenters. The van der Waals surface area contributed by atoms with Gasteiger partial charge in [-0.25, -0.2) is 0 Å². The standard InChI is InChI=1S/C21H33F3O/c1-3-16-8-12-18(13-9-16)19-14-10-17(11-15-19)6-5-7-20(4-2)25-21(22,23)24/h4-5,7,16-19H,3,6,8-15H2,1-2H3/b7-5-,20-4+. The van der Waals surface area contributed by atoms with E-state index in [0.29, 0.717) is 5.92 Å². The Labute approximate surface area is 150 Å². The summed E-state index contributed by atoms with van der Waals surface area (Å²) in [5.74, 6) is 3.27. The van der Waals surface area contributed by atoms with Crippen LogP contribution in [0.4, 0.5) is 13.2 Å². The van der Waals surface area contributed by atoms with Gasteiger partial charge < -0.3 is 4.74 Å². The van der Waals surface area contributed by atoms with Gasteiger partial charge in [-0.15, -0.1) is 13.2 Å². The first-order valence-electron chi connectivity index (χ1n) is 9.99. The van der Waals surface area contributed by atoms with Gasteiger partial charge in [0.1, 0.15) is 5.76 Å². The van der Waals surface area contributed by atoms with Gasteiger partial charge in [0.05, 0.1) is 0 Å². The maximum absolute atomic E-state index is 12.2. The van der Waals surface area contributed by atoms with Crippen LogP contribution in [0, 0.1) is 23.7 Å². The topological polar surface area (TPSA) is 9.23 Å². The molecule has 0 heterocycles. The average Bonchev–Trinajstić information content (AvgIpc) is 2.60. The highest BCUT2D eigenvalue weighted by atomic mass is 19.4. The van der Waals surface area contributed by atoms with E-state index in [1.54, 1.807) is 6.92 Å². The molecule has 2 aliphatic carbocycles. The number of allylic oxidation sites excluding steroid dienone is 3. The molecule has 0 aliphatic heterocycles. The number of rotatable bonds is 6. The monoisotopic (exact) mass is 358 g/mol. The van der Waals surface area contributed by atoms with Gasteiger partial charge in [0.2, 0.25) is 0 Å². The molecule has 144 valence electrons. The number of hydrogen-bond donors (Lipinski definition) is 0. The van der Waals surface area contributed by atoms with Crippen LogP contribution in [0.2, 0.25) is 0 Å². The lowest BCUT2D eigenvalue weighted by Gasteiger charge is -2.37. The van der Waals surface area contributed by atoms with Crippen molar-refractivity contribution in [3.63, 3.8) is 0 Å². The van der Waals surface area contributed by atoms with Crippen LogP contribution in [0.15, 0.2) is 24.0 Å². The van der Waals surface area contributed by atoms with Crippen LogP contribution in [0.25, 0.3) is 0 Å². The molecule has 2 fully saturated rings. The second-order valence-electron chi connectivity index (χ2n) is 7.85. The predicted molar refractivity (Wildman–Crippen MR) is 95.8 cm³/mol. The van der Waals surface area contributed by atoms with Crippen molar-refractivity contribution in [3.8, 4) is 0 Å². The molecule has 0 aromatic carbocycles. The smallest absolute Gasteiger partial charge is 0.406 e. The summed E-state index contributed by atoms with van der Waals surface area (Å²) < 4.78 is 40.7. The maximum atomic E-state index is 12.2. The SMILES string of the molecule is C/C=C(\C=C/CC1CCC(C2CCC(CC)CC2)CC1)OC(F)(F)F. The summed E-state index contributed by atoms with van der Waals surface area (Å²) in [7, 11) is 0. The van der Waals surface area contributed by atoms with Gasteiger partial charge in [-0.2, -0.15) is 0 Å². The van der Waals surface area contributed by atoms with Crippen molar-refractivity contribution in [1.82, 2.24) is 0 Å². The minimum absolute atomic E-state index is 0.117. The van der Waals surface area contributed by atoms with Crippen molar-refractivity contribution < 1.29 is 17.9 Å². The molecular formula is C21H33F3O. The molecule has 2 saturated carbocycles. The highest BCUT2D eigenvalue weighted by Crippen LogP contribution is 2.42. The second kappa shape index (κ2) is 9.68. The maximum Gasteiger partial charge on any atom is 0.573 e. The van der Waals surface area contributed by atoms with Crippen LogP contribution in [0.3, 0.4) is 0 Å². The lowest BCUT2D eigenvalue weighted by molar-refractivity contribution is -0.303.